The topological polar surface area (TPSA) is 78.5 Å². The van der Waals surface area contributed by atoms with Crippen molar-refractivity contribution in [2.45, 2.75) is 26.3 Å². The van der Waals surface area contributed by atoms with Gasteiger partial charge in [-0.1, -0.05) is 67.6 Å². The lowest BCUT2D eigenvalue weighted by Gasteiger charge is -2.20. The zero-order chi connectivity index (χ0) is 23.2. The molecule has 0 saturated carbocycles. The fraction of sp³-hybridized carbons (Fsp3) is 0.222. The SMILES string of the molecule is CCc1ccccc1N1CC(C(=O)Nc2ccccc2C(=O)NCc2ccccc2)CC1=O. The van der Waals surface area contributed by atoms with Gasteiger partial charge in [0.2, 0.25) is 11.8 Å². The normalized spacial score (nSPS) is 15.4. The third-order valence-corrected chi connectivity index (χ3v) is 5.88. The van der Waals surface area contributed by atoms with Crippen LogP contribution in [0.1, 0.15) is 34.8 Å². The van der Waals surface area contributed by atoms with Crippen LogP contribution in [0, 0.1) is 5.92 Å². The van der Waals surface area contributed by atoms with E-state index in [0.717, 1.165) is 23.2 Å². The predicted molar refractivity (Wildman–Crippen MR) is 129 cm³/mol. The monoisotopic (exact) mass is 441 g/mol. The molecule has 6 nitrogen and oxygen atoms in total. The number of nitrogens with zero attached hydrogens (tertiary/aromatic N) is 1. The number of hydrogen-bond acceptors (Lipinski definition) is 3. The van der Waals surface area contributed by atoms with Crippen LogP contribution in [0.5, 0.6) is 0 Å². The minimum atomic E-state index is -0.483. The van der Waals surface area contributed by atoms with Gasteiger partial charge in [0.05, 0.1) is 17.2 Å². The zero-order valence-corrected chi connectivity index (χ0v) is 18.6. The first kappa shape index (κ1) is 22.3. The van der Waals surface area contributed by atoms with Crippen LogP contribution in [0.15, 0.2) is 78.9 Å². The smallest absolute Gasteiger partial charge is 0.253 e. The van der Waals surface area contributed by atoms with Crippen LogP contribution in [-0.2, 0) is 22.6 Å². The van der Waals surface area contributed by atoms with E-state index < -0.39 is 5.92 Å². The molecule has 3 aromatic rings. The van der Waals surface area contributed by atoms with Crippen molar-refractivity contribution >= 4 is 29.1 Å². The molecule has 1 heterocycles. The molecule has 33 heavy (non-hydrogen) atoms. The van der Waals surface area contributed by atoms with Gasteiger partial charge in [0.1, 0.15) is 0 Å². The van der Waals surface area contributed by atoms with Gasteiger partial charge in [-0.2, -0.15) is 0 Å². The summed E-state index contributed by atoms with van der Waals surface area (Å²) in [6, 6.07) is 24.3. The third-order valence-electron chi connectivity index (χ3n) is 5.88. The van der Waals surface area contributed by atoms with Crippen molar-refractivity contribution in [1.82, 2.24) is 5.32 Å². The molecule has 6 heteroatoms. The summed E-state index contributed by atoms with van der Waals surface area (Å²) < 4.78 is 0. The molecule has 0 bridgehead atoms. The van der Waals surface area contributed by atoms with E-state index in [-0.39, 0.29) is 24.1 Å². The van der Waals surface area contributed by atoms with Crippen molar-refractivity contribution in [3.05, 3.63) is 95.6 Å². The molecule has 1 aliphatic heterocycles. The van der Waals surface area contributed by atoms with E-state index in [0.29, 0.717) is 24.3 Å². The van der Waals surface area contributed by atoms with E-state index in [2.05, 4.69) is 10.6 Å². The second-order valence-electron chi connectivity index (χ2n) is 8.09. The van der Waals surface area contributed by atoms with Crippen molar-refractivity contribution in [3.63, 3.8) is 0 Å². The van der Waals surface area contributed by atoms with Crippen molar-refractivity contribution in [2.24, 2.45) is 5.92 Å². The molecule has 2 N–H and O–H groups in total. The Morgan fingerprint density at radius 3 is 2.42 bits per heavy atom. The van der Waals surface area contributed by atoms with Gasteiger partial charge in [-0.25, -0.2) is 0 Å². The molecule has 168 valence electrons. The molecule has 3 amide bonds. The lowest BCUT2D eigenvalue weighted by atomic mass is 10.1. The summed E-state index contributed by atoms with van der Waals surface area (Å²) in [7, 11) is 0. The number of anilines is 2. The molecule has 0 radical (unpaired) electrons. The molecule has 0 aliphatic carbocycles. The van der Waals surface area contributed by atoms with Crippen LogP contribution in [0.4, 0.5) is 11.4 Å². The van der Waals surface area contributed by atoms with Gasteiger partial charge in [-0.05, 0) is 35.7 Å². The summed E-state index contributed by atoms with van der Waals surface area (Å²) in [6.07, 6.45) is 0.953. The molecule has 0 spiro atoms. The van der Waals surface area contributed by atoms with Crippen LogP contribution in [0.2, 0.25) is 0 Å². The average molecular weight is 442 g/mol. The maximum Gasteiger partial charge on any atom is 0.253 e. The molecule has 1 fully saturated rings. The minimum Gasteiger partial charge on any atom is -0.348 e. The molecule has 3 aromatic carbocycles. The number of benzene rings is 3. The summed E-state index contributed by atoms with van der Waals surface area (Å²) in [4.78, 5) is 40.2. The van der Waals surface area contributed by atoms with Crippen LogP contribution in [0.3, 0.4) is 0 Å². The number of para-hydroxylation sites is 2. The highest BCUT2D eigenvalue weighted by molar-refractivity contribution is 6.07. The number of rotatable bonds is 7. The lowest BCUT2D eigenvalue weighted by Crippen LogP contribution is -2.30. The van der Waals surface area contributed by atoms with Crippen molar-refractivity contribution in [2.75, 3.05) is 16.8 Å². The molecule has 1 unspecified atom stereocenters. The number of aryl methyl sites for hydroxylation is 1. The van der Waals surface area contributed by atoms with Gasteiger partial charge in [-0.3, -0.25) is 14.4 Å². The number of hydrogen-bond donors (Lipinski definition) is 2. The average Bonchev–Trinajstić information content (AvgIpc) is 3.25. The predicted octanol–water partition coefficient (Wildman–Crippen LogP) is 4.17. The van der Waals surface area contributed by atoms with Crippen LogP contribution in [0.25, 0.3) is 0 Å². The molecular weight excluding hydrogens is 414 g/mol. The van der Waals surface area contributed by atoms with E-state index in [9.17, 15) is 14.4 Å². The van der Waals surface area contributed by atoms with Crippen molar-refractivity contribution in [1.29, 1.82) is 0 Å². The fourth-order valence-electron chi connectivity index (χ4n) is 4.09. The maximum atomic E-state index is 13.0. The summed E-state index contributed by atoms with van der Waals surface area (Å²) in [6.45, 7) is 2.76. The molecule has 1 aliphatic rings. The zero-order valence-electron chi connectivity index (χ0n) is 18.6. The summed E-state index contributed by atoms with van der Waals surface area (Å²) in [5, 5.41) is 5.77. The Kier molecular flexibility index (Phi) is 6.83. The van der Waals surface area contributed by atoms with Gasteiger partial charge in [0.15, 0.2) is 0 Å². The van der Waals surface area contributed by atoms with E-state index in [1.54, 1.807) is 29.2 Å². The highest BCUT2D eigenvalue weighted by Crippen LogP contribution is 2.29. The highest BCUT2D eigenvalue weighted by atomic mass is 16.2. The van der Waals surface area contributed by atoms with Gasteiger partial charge < -0.3 is 15.5 Å². The standard InChI is InChI=1S/C27H27N3O3/c1-2-20-12-6-9-15-24(20)30-18-21(16-25(30)31)26(32)29-23-14-8-7-13-22(23)27(33)28-17-19-10-4-3-5-11-19/h3-15,21H,2,16-18H2,1H3,(H,28,33)(H,29,32). The molecule has 4 rings (SSSR count). The first-order chi connectivity index (χ1) is 16.1. The largest absolute Gasteiger partial charge is 0.348 e. The van der Waals surface area contributed by atoms with Crippen LogP contribution < -0.4 is 15.5 Å². The Hall–Kier alpha value is -3.93. The second kappa shape index (κ2) is 10.1. The molecular formula is C27H27N3O3. The van der Waals surface area contributed by atoms with Gasteiger partial charge in [-0.15, -0.1) is 0 Å². The lowest BCUT2D eigenvalue weighted by molar-refractivity contribution is -0.122. The Labute approximate surface area is 193 Å². The van der Waals surface area contributed by atoms with E-state index in [4.69, 9.17) is 0 Å². The van der Waals surface area contributed by atoms with Crippen LogP contribution >= 0.6 is 0 Å². The number of nitrogens with one attached hydrogen (secondary N) is 2. The first-order valence-electron chi connectivity index (χ1n) is 11.2. The van der Waals surface area contributed by atoms with Crippen molar-refractivity contribution < 1.29 is 14.4 Å². The minimum absolute atomic E-state index is 0.0649. The van der Waals surface area contributed by atoms with E-state index >= 15 is 0 Å². The summed E-state index contributed by atoms with van der Waals surface area (Å²) in [5.74, 6) is -1.08. The quantitative estimate of drug-likeness (QED) is 0.578. The number of carbonyl (C=O) groups is 3. The van der Waals surface area contributed by atoms with Gasteiger partial charge >= 0.3 is 0 Å². The highest BCUT2D eigenvalue weighted by Gasteiger charge is 2.36. The second-order valence-corrected chi connectivity index (χ2v) is 8.09. The number of carbonyl (C=O) groups excluding carboxylic acids is 3. The fourth-order valence-corrected chi connectivity index (χ4v) is 4.09. The van der Waals surface area contributed by atoms with E-state index in [1.807, 2.05) is 61.5 Å². The maximum absolute atomic E-state index is 13.0. The van der Waals surface area contributed by atoms with E-state index in [1.165, 1.54) is 0 Å². The summed E-state index contributed by atoms with van der Waals surface area (Å²) in [5.41, 5.74) is 3.75. The Balaban J connectivity index is 1.44. The molecule has 1 saturated heterocycles. The Morgan fingerprint density at radius 2 is 1.64 bits per heavy atom. The van der Waals surface area contributed by atoms with Crippen LogP contribution in [-0.4, -0.2) is 24.3 Å². The number of amides is 3. The Bertz CT molecular complexity index is 1160. The summed E-state index contributed by atoms with van der Waals surface area (Å²) >= 11 is 0. The van der Waals surface area contributed by atoms with Crippen molar-refractivity contribution in [3.8, 4) is 0 Å². The molecule has 0 aromatic heterocycles. The third kappa shape index (κ3) is 5.12. The van der Waals surface area contributed by atoms with Gasteiger partial charge in [0, 0.05) is 25.2 Å². The first-order valence-corrected chi connectivity index (χ1v) is 11.2. The Morgan fingerprint density at radius 1 is 0.939 bits per heavy atom. The van der Waals surface area contributed by atoms with Gasteiger partial charge in [0.25, 0.3) is 5.91 Å². The molecule has 1 atom stereocenters.